The summed E-state index contributed by atoms with van der Waals surface area (Å²) in [4.78, 5) is 29.2. The van der Waals surface area contributed by atoms with Crippen molar-refractivity contribution in [3.8, 4) is 0 Å². The molecule has 29 heavy (non-hydrogen) atoms. The zero-order valence-electron chi connectivity index (χ0n) is 16.4. The number of aryl methyl sites for hydroxylation is 1. The predicted octanol–water partition coefficient (Wildman–Crippen LogP) is 3.24. The maximum Gasteiger partial charge on any atom is 0.268 e. The molecule has 1 heterocycles. The normalized spacial score (nSPS) is 17.9. The second-order valence-corrected chi connectivity index (χ2v) is 7.28. The molecule has 0 saturated heterocycles. The van der Waals surface area contributed by atoms with E-state index >= 15 is 0 Å². The zero-order valence-corrected chi connectivity index (χ0v) is 16.4. The van der Waals surface area contributed by atoms with Crippen LogP contribution in [0.3, 0.4) is 0 Å². The molecule has 1 atom stereocenters. The van der Waals surface area contributed by atoms with Crippen LogP contribution >= 0.6 is 0 Å². The van der Waals surface area contributed by atoms with Crippen LogP contribution < -0.4 is 9.80 Å². The maximum atomic E-state index is 13.4. The average molecular weight is 386 g/mol. The smallest absolute Gasteiger partial charge is 0.268 e. The number of likely N-dealkylation sites (N-methyl/N-ethyl adjacent to an activating group) is 1. The molecule has 1 N–H and O–H groups in total. The number of aliphatic hydroxyl groups is 1. The number of hydrogen-bond acceptors (Lipinski definition) is 3. The first kappa shape index (κ1) is 18.9. The molecule has 146 valence electrons. The molecule has 3 aromatic rings. The average Bonchev–Trinajstić information content (AvgIpc) is 2.97. The van der Waals surface area contributed by atoms with Crippen molar-refractivity contribution in [1.29, 1.82) is 0 Å². The lowest BCUT2D eigenvalue weighted by Crippen LogP contribution is -2.45. The third kappa shape index (κ3) is 3.09. The molecule has 5 nitrogen and oxygen atoms in total. The van der Waals surface area contributed by atoms with Gasteiger partial charge in [0.25, 0.3) is 5.91 Å². The van der Waals surface area contributed by atoms with Crippen LogP contribution in [-0.2, 0) is 15.2 Å². The Morgan fingerprint density at radius 2 is 1.69 bits per heavy atom. The van der Waals surface area contributed by atoms with Crippen LogP contribution in [0.4, 0.5) is 11.4 Å². The van der Waals surface area contributed by atoms with E-state index < -0.39 is 11.5 Å². The second kappa shape index (κ2) is 7.18. The molecular weight excluding hydrogens is 364 g/mol. The summed E-state index contributed by atoms with van der Waals surface area (Å²) < 4.78 is 0. The Hall–Kier alpha value is -3.44. The Bertz CT molecular complexity index is 1080. The van der Waals surface area contributed by atoms with Gasteiger partial charge >= 0.3 is 0 Å². The number of rotatable bonds is 4. The molecule has 1 aliphatic heterocycles. The molecule has 0 aliphatic carbocycles. The van der Waals surface area contributed by atoms with Crippen molar-refractivity contribution in [3.05, 3.63) is 95.6 Å². The minimum absolute atomic E-state index is 0.157. The standard InChI is InChI=1S/C24H22N2O3/c1-17-9-8-10-18(15-17)24(29)20-13-6-7-14-21(20)26(23(24)28)16-22(27)25(2)19-11-4-3-5-12-19/h3-15,29H,16H2,1-2H3. The molecule has 0 bridgehead atoms. The SMILES string of the molecule is Cc1cccc(C2(O)C(=O)N(CC(=O)N(C)c3ccccc3)c3ccccc32)c1. The summed E-state index contributed by atoms with van der Waals surface area (Å²) in [5.41, 5.74) is 1.42. The van der Waals surface area contributed by atoms with E-state index in [0.29, 0.717) is 16.8 Å². The third-order valence-electron chi connectivity index (χ3n) is 5.39. The lowest BCUT2D eigenvalue weighted by atomic mass is 9.87. The van der Waals surface area contributed by atoms with Gasteiger partial charge in [-0.1, -0.05) is 66.2 Å². The minimum atomic E-state index is -1.81. The van der Waals surface area contributed by atoms with Gasteiger partial charge in [-0.15, -0.1) is 0 Å². The van der Waals surface area contributed by atoms with Gasteiger partial charge in [-0.05, 0) is 30.7 Å². The molecule has 1 unspecified atom stereocenters. The summed E-state index contributed by atoms with van der Waals surface area (Å²) in [7, 11) is 1.68. The van der Waals surface area contributed by atoms with E-state index in [1.54, 1.807) is 43.4 Å². The van der Waals surface area contributed by atoms with Crippen LogP contribution in [0, 0.1) is 6.92 Å². The van der Waals surface area contributed by atoms with Crippen molar-refractivity contribution >= 4 is 23.2 Å². The van der Waals surface area contributed by atoms with Gasteiger partial charge in [0.2, 0.25) is 5.91 Å². The van der Waals surface area contributed by atoms with Crippen molar-refractivity contribution in [2.45, 2.75) is 12.5 Å². The number of hydrogen-bond donors (Lipinski definition) is 1. The fraction of sp³-hybridized carbons (Fsp3) is 0.167. The number of para-hydroxylation sites is 2. The highest BCUT2D eigenvalue weighted by molar-refractivity contribution is 6.12. The molecule has 2 amide bonds. The van der Waals surface area contributed by atoms with Crippen LogP contribution in [0.25, 0.3) is 0 Å². The van der Waals surface area contributed by atoms with Crippen LogP contribution in [0.5, 0.6) is 0 Å². The summed E-state index contributed by atoms with van der Waals surface area (Å²) in [5, 5.41) is 11.5. The van der Waals surface area contributed by atoms with E-state index in [-0.39, 0.29) is 12.5 Å². The fourth-order valence-corrected chi connectivity index (χ4v) is 3.78. The van der Waals surface area contributed by atoms with E-state index in [9.17, 15) is 14.7 Å². The first-order valence-corrected chi connectivity index (χ1v) is 9.45. The largest absolute Gasteiger partial charge is 0.372 e. The maximum absolute atomic E-state index is 13.4. The topological polar surface area (TPSA) is 60.9 Å². The van der Waals surface area contributed by atoms with Gasteiger partial charge in [0.1, 0.15) is 6.54 Å². The molecule has 4 rings (SSSR count). The first-order valence-electron chi connectivity index (χ1n) is 9.45. The number of amides is 2. The molecular formula is C24H22N2O3. The van der Waals surface area contributed by atoms with Crippen molar-refractivity contribution in [2.75, 3.05) is 23.4 Å². The van der Waals surface area contributed by atoms with Crippen LogP contribution in [0.1, 0.15) is 16.7 Å². The van der Waals surface area contributed by atoms with Gasteiger partial charge in [-0.25, -0.2) is 0 Å². The highest BCUT2D eigenvalue weighted by atomic mass is 16.3. The molecule has 0 spiro atoms. The fourth-order valence-electron chi connectivity index (χ4n) is 3.78. The van der Waals surface area contributed by atoms with Gasteiger partial charge < -0.3 is 10.0 Å². The van der Waals surface area contributed by atoms with E-state index in [2.05, 4.69) is 0 Å². The summed E-state index contributed by atoms with van der Waals surface area (Å²) >= 11 is 0. The van der Waals surface area contributed by atoms with Gasteiger partial charge in [0.15, 0.2) is 5.60 Å². The summed E-state index contributed by atoms with van der Waals surface area (Å²) in [5.74, 6) is -0.757. The lowest BCUT2D eigenvalue weighted by molar-refractivity contribution is -0.133. The summed E-state index contributed by atoms with van der Waals surface area (Å²) in [6.45, 7) is 1.75. The molecule has 0 saturated carbocycles. The number of nitrogens with zero attached hydrogens (tertiary/aromatic N) is 2. The van der Waals surface area contributed by atoms with Crippen LogP contribution in [0.2, 0.25) is 0 Å². The van der Waals surface area contributed by atoms with E-state index in [1.807, 2.05) is 49.4 Å². The highest BCUT2D eigenvalue weighted by Gasteiger charge is 2.51. The quantitative estimate of drug-likeness (QED) is 0.749. The summed E-state index contributed by atoms with van der Waals surface area (Å²) in [6.07, 6.45) is 0. The van der Waals surface area contributed by atoms with Gasteiger partial charge in [-0.2, -0.15) is 0 Å². The number of carbonyl (C=O) groups excluding carboxylic acids is 2. The second-order valence-electron chi connectivity index (χ2n) is 7.28. The van der Waals surface area contributed by atoms with E-state index in [1.165, 1.54) is 9.80 Å². The number of carbonyl (C=O) groups is 2. The summed E-state index contributed by atoms with van der Waals surface area (Å²) in [6, 6.07) is 23.6. The first-order chi connectivity index (χ1) is 13.9. The Labute approximate surface area is 169 Å². The Balaban J connectivity index is 1.71. The van der Waals surface area contributed by atoms with Gasteiger partial charge in [-0.3, -0.25) is 14.5 Å². The molecule has 3 aromatic carbocycles. The monoisotopic (exact) mass is 386 g/mol. The predicted molar refractivity (Wildman–Crippen MR) is 113 cm³/mol. The minimum Gasteiger partial charge on any atom is -0.372 e. The Kier molecular flexibility index (Phi) is 4.68. The van der Waals surface area contributed by atoms with E-state index in [0.717, 1.165) is 11.3 Å². The highest BCUT2D eigenvalue weighted by Crippen LogP contribution is 2.44. The molecule has 0 aromatic heterocycles. The molecule has 1 aliphatic rings. The van der Waals surface area contributed by atoms with Gasteiger partial charge in [0.05, 0.1) is 5.69 Å². The third-order valence-corrected chi connectivity index (χ3v) is 5.39. The number of fused-ring (bicyclic) bond motifs is 1. The Morgan fingerprint density at radius 1 is 1.00 bits per heavy atom. The Morgan fingerprint density at radius 3 is 2.41 bits per heavy atom. The van der Waals surface area contributed by atoms with Crippen molar-refractivity contribution in [3.63, 3.8) is 0 Å². The van der Waals surface area contributed by atoms with E-state index in [4.69, 9.17) is 0 Å². The zero-order chi connectivity index (χ0) is 20.6. The van der Waals surface area contributed by atoms with Gasteiger partial charge in [0, 0.05) is 18.3 Å². The molecule has 0 radical (unpaired) electrons. The van der Waals surface area contributed by atoms with Crippen molar-refractivity contribution < 1.29 is 14.7 Å². The number of benzene rings is 3. The lowest BCUT2D eigenvalue weighted by Gasteiger charge is -2.25. The molecule has 0 fully saturated rings. The molecule has 5 heteroatoms. The van der Waals surface area contributed by atoms with Crippen LogP contribution in [-0.4, -0.2) is 30.5 Å². The van der Waals surface area contributed by atoms with Crippen molar-refractivity contribution in [1.82, 2.24) is 0 Å². The number of anilines is 2. The van der Waals surface area contributed by atoms with Crippen molar-refractivity contribution in [2.24, 2.45) is 0 Å². The van der Waals surface area contributed by atoms with Crippen LogP contribution in [0.15, 0.2) is 78.9 Å².